The molecule has 3 rings (SSSR count). The Morgan fingerprint density at radius 2 is 1.83 bits per heavy atom. The van der Waals surface area contributed by atoms with E-state index in [1.54, 1.807) is 0 Å². The molecule has 2 aromatic carbocycles. The molecule has 2 N–H and O–H groups in total. The second-order valence-electron chi connectivity index (χ2n) is 6.20. The van der Waals surface area contributed by atoms with Gasteiger partial charge in [-0.15, -0.1) is 0 Å². The van der Waals surface area contributed by atoms with Gasteiger partial charge in [-0.3, -0.25) is 0 Å². The number of thiocarbonyl (C=S) groups is 1. The van der Waals surface area contributed by atoms with Gasteiger partial charge in [0.05, 0.1) is 12.1 Å². The van der Waals surface area contributed by atoms with Crippen LogP contribution in [0.25, 0.3) is 11.1 Å². The van der Waals surface area contributed by atoms with Gasteiger partial charge in [0.15, 0.2) is 5.11 Å². The van der Waals surface area contributed by atoms with E-state index >= 15 is 0 Å². The minimum atomic E-state index is 0.166. The molecular formula is C20H24N2OS. The van der Waals surface area contributed by atoms with E-state index in [2.05, 4.69) is 66.1 Å². The highest BCUT2D eigenvalue weighted by Gasteiger charge is 2.15. The smallest absolute Gasteiger partial charge is 0.166 e. The molecule has 1 saturated heterocycles. The zero-order valence-electron chi connectivity index (χ0n) is 14.0. The van der Waals surface area contributed by atoms with Gasteiger partial charge in [-0.2, -0.15) is 0 Å². The van der Waals surface area contributed by atoms with E-state index in [0.717, 1.165) is 26.0 Å². The quantitative estimate of drug-likeness (QED) is 0.804. The predicted molar refractivity (Wildman–Crippen MR) is 103 cm³/mol. The summed E-state index contributed by atoms with van der Waals surface area (Å²) in [5.41, 5.74) is 3.68. The number of hydrogen-bond acceptors (Lipinski definition) is 2. The van der Waals surface area contributed by atoms with Gasteiger partial charge in [-0.05, 0) is 48.7 Å². The number of rotatable bonds is 5. The van der Waals surface area contributed by atoms with Gasteiger partial charge in [0.1, 0.15) is 0 Å². The van der Waals surface area contributed by atoms with Crippen LogP contribution in [0.2, 0.25) is 0 Å². The van der Waals surface area contributed by atoms with E-state index in [-0.39, 0.29) is 6.04 Å². The summed E-state index contributed by atoms with van der Waals surface area (Å²) < 4.78 is 5.60. The van der Waals surface area contributed by atoms with Crippen molar-refractivity contribution in [2.75, 3.05) is 13.2 Å². The Morgan fingerprint density at radius 3 is 2.50 bits per heavy atom. The number of nitrogens with one attached hydrogen (secondary N) is 2. The summed E-state index contributed by atoms with van der Waals surface area (Å²) in [7, 11) is 0. The summed E-state index contributed by atoms with van der Waals surface area (Å²) in [6, 6.07) is 19.2. The van der Waals surface area contributed by atoms with Crippen molar-refractivity contribution < 1.29 is 4.74 Å². The first-order chi connectivity index (χ1) is 11.7. The van der Waals surface area contributed by atoms with E-state index < -0.39 is 0 Å². The topological polar surface area (TPSA) is 33.3 Å². The molecule has 2 unspecified atom stereocenters. The van der Waals surface area contributed by atoms with Crippen LogP contribution in [0.1, 0.15) is 31.4 Å². The van der Waals surface area contributed by atoms with Crippen molar-refractivity contribution in [2.45, 2.75) is 31.9 Å². The highest BCUT2D eigenvalue weighted by Crippen LogP contribution is 2.21. The monoisotopic (exact) mass is 340 g/mol. The third-order valence-corrected chi connectivity index (χ3v) is 4.64. The maximum Gasteiger partial charge on any atom is 0.166 e. The Balaban J connectivity index is 1.52. The van der Waals surface area contributed by atoms with Crippen molar-refractivity contribution in [1.29, 1.82) is 0 Å². The fourth-order valence-electron chi connectivity index (χ4n) is 2.94. The summed E-state index contributed by atoms with van der Waals surface area (Å²) >= 11 is 5.39. The average molecular weight is 340 g/mol. The zero-order chi connectivity index (χ0) is 16.8. The molecule has 0 aliphatic carbocycles. The van der Waals surface area contributed by atoms with Crippen LogP contribution < -0.4 is 10.6 Å². The number of ether oxygens (including phenoxy) is 1. The highest BCUT2D eigenvalue weighted by atomic mass is 32.1. The lowest BCUT2D eigenvalue weighted by Crippen LogP contribution is -2.40. The molecule has 2 aromatic rings. The Morgan fingerprint density at radius 1 is 1.12 bits per heavy atom. The van der Waals surface area contributed by atoms with Crippen LogP contribution in [0, 0.1) is 0 Å². The molecule has 0 bridgehead atoms. The van der Waals surface area contributed by atoms with Crippen molar-refractivity contribution in [2.24, 2.45) is 0 Å². The van der Waals surface area contributed by atoms with Crippen LogP contribution in [0.5, 0.6) is 0 Å². The van der Waals surface area contributed by atoms with Crippen molar-refractivity contribution in [3.05, 3.63) is 60.2 Å². The molecule has 0 spiro atoms. The fraction of sp³-hybridized carbons (Fsp3) is 0.350. The number of hydrogen-bond donors (Lipinski definition) is 2. The van der Waals surface area contributed by atoms with Gasteiger partial charge in [-0.25, -0.2) is 0 Å². The van der Waals surface area contributed by atoms with Crippen molar-refractivity contribution in [1.82, 2.24) is 10.6 Å². The highest BCUT2D eigenvalue weighted by molar-refractivity contribution is 7.80. The molecule has 1 aliphatic heterocycles. The van der Waals surface area contributed by atoms with E-state index in [1.807, 2.05) is 6.07 Å². The standard InChI is InChI=1S/C20H24N2OS/c1-15(22-20(24)21-14-19-8-5-13-23-19)16-9-11-18(12-10-16)17-6-3-2-4-7-17/h2-4,6-7,9-12,15,19H,5,8,13-14H2,1H3,(H2,21,22,24). The van der Waals surface area contributed by atoms with E-state index in [1.165, 1.54) is 16.7 Å². The normalized spacial score (nSPS) is 18.1. The lowest BCUT2D eigenvalue weighted by molar-refractivity contribution is 0.114. The zero-order valence-corrected chi connectivity index (χ0v) is 14.8. The van der Waals surface area contributed by atoms with Gasteiger partial charge in [-0.1, -0.05) is 54.6 Å². The Hall–Kier alpha value is -1.91. The SMILES string of the molecule is CC(NC(=S)NCC1CCCO1)c1ccc(-c2ccccc2)cc1. The molecule has 126 valence electrons. The van der Waals surface area contributed by atoms with E-state index in [9.17, 15) is 0 Å². The summed E-state index contributed by atoms with van der Waals surface area (Å²) in [5.74, 6) is 0. The van der Waals surface area contributed by atoms with Gasteiger partial charge >= 0.3 is 0 Å². The fourth-order valence-corrected chi connectivity index (χ4v) is 3.20. The minimum Gasteiger partial charge on any atom is -0.376 e. The van der Waals surface area contributed by atoms with Gasteiger partial charge in [0, 0.05) is 13.2 Å². The summed E-state index contributed by atoms with van der Waals surface area (Å²) in [5, 5.41) is 7.29. The van der Waals surface area contributed by atoms with Crippen molar-refractivity contribution >= 4 is 17.3 Å². The molecule has 3 nitrogen and oxygen atoms in total. The summed E-state index contributed by atoms with van der Waals surface area (Å²) in [4.78, 5) is 0. The molecule has 0 radical (unpaired) electrons. The van der Waals surface area contributed by atoms with Crippen LogP contribution in [-0.2, 0) is 4.74 Å². The molecular weight excluding hydrogens is 316 g/mol. The molecule has 2 atom stereocenters. The Kier molecular flexibility index (Phi) is 5.83. The second kappa shape index (κ2) is 8.27. The van der Waals surface area contributed by atoms with Crippen LogP contribution in [-0.4, -0.2) is 24.4 Å². The molecule has 1 fully saturated rings. The molecule has 0 saturated carbocycles. The molecule has 1 aliphatic rings. The second-order valence-corrected chi connectivity index (χ2v) is 6.61. The predicted octanol–water partition coefficient (Wildman–Crippen LogP) is 4.06. The maximum absolute atomic E-state index is 5.60. The van der Waals surface area contributed by atoms with Crippen LogP contribution in [0.3, 0.4) is 0 Å². The maximum atomic E-state index is 5.60. The third-order valence-electron chi connectivity index (χ3n) is 4.38. The largest absolute Gasteiger partial charge is 0.376 e. The summed E-state index contributed by atoms with van der Waals surface area (Å²) in [6.07, 6.45) is 2.56. The average Bonchev–Trinajstić information content (AvgIpc) is 3.14. The number of benzene rings is 2. The lowest BCUT2D eigenvalue weighted by atomic mass is 10.0. The third kappa shape index (κ3) is 4.56. The van der Waals surface area contributed by atoms with Crippen LogP contribution in [0.15, 0.2) is 54.6 Å². The van der Waals surface area contributed by atoms with Gasteiger partial charge in [0.2, 0.25) is 0 Å². The van der Waals surface area contributed by atoms with Crippen LogP contribution in [0.4, 0.5) is 0 Å². The molecule has 4 heteroatoms. The van der Waals surface area contributed by atoms with Crippen molar-refractivity contribution in [3.63, 3.8) is 0 Å². The first kappa shape index (κ1) is 16.9. The Labute approximate surface area is 149 Å². The first-order valence-corrected chi connectivity index (χ1v) is 8.94. The first-order valence-electron chi connectivity index (χ1n) is 8.54. The molecule has 24 heavy (non-hydrogen) atoms. The van der Waals surface area contributed by atoms with E-state index in [4.69, 9.17) is 17.0 Å². The Bertz CT molecular complexity index is 651. The van der Waals surface area contributed by atoms with Gasteiger partial charge in [0.25, 0.3) is 0 Å². The van der Waals surface area contributed by atoms with E-state index in [0.29, 0.717) is 11.2 Å². The lowest BCUT2D eigenvalue weighted by Gasteiger charge is -2.19. The molecule has 0 amide bonds. The molecule has 0 aromatic heterocycles. The minimum absolute atomic E-state index is 0.166. The summed E-state index contributed by atoms with van der Waals surface area (Å²) in [6.45, 7) is 3.78. The van der Waals surface area contributed by atoms with Gasteiger partial charge < -0.3 is 15.4 Å². The van der Waals surface area contributed by atoms with Crippen molar-refractivity contribution in [3.8, 4) is 11.1 Å². The van der Waals surface area contributed by atoms with Crippen LogP contribution >= 0.6 is 12.2 Å². The molecule has 1 heterocycles.